The van der Waals surface area contributed by atoms with Crippen molar-refractivity contribution in [2.75, 3.05) is 17.7 Å². The Morgan fingerprint density at radius 2 is 1.50 bits per heavy atom. The normalized spacial score (nSPS) is 10.6. The number of carbonyl (C=O) groups excluding carboxylic acids is 2. The van der Waals surface area contributed by atoms with Crippen molar-refractivity contribution >= 4 is 45.8 Å². The van der Waals surface area contributed by atoms with Crippen LogP contribution in [0.5, 0.6) is 0 Å². The summed E-state index contributed by atoms with van der Waals surface area (Å²) in [5.41, 5.74) is 4.00. The molecule has 3 aromatic rings. The molecule has 6 heteroatoms. The lowest BCUT2D eigenvalue weighted by Gasteiger charge is -2.16. The quantitative estimate of drug-likeness (QED) is 0.387. The number of rotatable bonds is 6. The molecule has 154 valence electrons. The molecule has 0 fully saturated rings. The number of nitrogens with one attached hydrogen (secondary N) is 3. The van der Waals surface area contributed by atoms with Crippen LogP contribution in [0.3, 0.4) is 0 Å². The first-order valence-corrected chi connectivity index (χ1v) is 10.8. The number of hydrogen-bond acceptors (Lipinski definition) is 3. The highest BCUT2D eigenvalue weighted by molar-refractivity contribution is 14.1. The number of anilines is 2. The standard InChI is InChI=1S/C24H24IN3O2/c1-15(2)27-23(29)19-9-5-4-8-17(19)18-13-12-16(26-3)14-20(18)24(30)28-22-11-7-6-10-21(22)25/h4-15,26H,1-3H3,(H,27,29)(H,28,30). The third-order valence-corrected chi connectivity index (χ3v) is 5.50. The number of benzene rings is 3. The smallest absolute Gasteiger partial charge is 0.256 e. The molecule has 0 radical (unpaired) electrons. The lowest BCUT2D eigenvalue weighted by molar-refractivity contribution is 0.0942. The maximum Gasteiger partial charge on any atom is 0.256 e. The molecular weight excluding hydrogens is 489 g/mol. The van der Waals surface area contributed by atoms with E-state index in [0.717, 1.165) is 14.9 Å². The Bertz CT molecular complexity index is 1080. The average Bonchev–Trinajstić information content (AvgIpc) is 2.74. The Hall–Kier alpha value is -2.87. The number of amides is 2. The largest absolute Gasteiger partial charge is 0.388 e. The molecule has 5 nitrogen and oxygen atoms in total. The van der Waals surface area contributed by atoms with Crippen LogP contribution < -0.4 is 16.0 Å². The first-order chi connectivity index (χ1) is 14.4. The van der Waals surface area contributed by atoms with Gasteiger partial charge >= 0.3 is 0 Å². The molecule has 0 aromatic heterocycles. The summed E-state index contributed by atoms with van der Waals surface area (Å²) in [5, 5.41) is 9.01. The van der Waals surface area contributed by atoms with Gasteiger partial charge in [-0.1, -0.05) is 36.4 Å². The molecule has 0 atom stereocenters. The SMILES string of the molecule is CNc1ccc(-c2ccccc2C(=O)NC(C)C)c(C(=O)Nc2ccccc2I)c1. The second kappa shape index (κ2) is 9.75. The van der Waals surface area contributed by atoms with Crippen molar-refractivity contribution in [3.05, 3.63) is 81.4 Å². The number of carbonyl (C=O) groups is 2. The monoisotopic (exact) mass is 513 g/mol. The summed E-state index contributed by atoms with van der Waals surface area (Å²) in [6.45, 7) is 3.84. The summed E-state index contributed by atoms with van der Waals surface area (Å²) in [6.07, 6.45) is 0. The van der Waals surface area contributed by atoms with Crippen LogP contribution in [-0.2, 0) is 0 Å². The molecule has 3 rings (SSSR count). The summed E-state index contributed by atoms with van der Waals surface area (Å²) < 4.78 is 0.950. The molecule has 0 aliphatic heterocycles. The minimum Gasteiger partial charge on any atom is -0.388 e. The molecule has 0 heterocycles. The van der Waals surface area contributed by atoms with Crippen molar-refractivity contribution in [1.82, 2.24) is 5.32 Å². The Morgan fingerprint density at radius 1 is 0.833 bits per heavy atom. The molecule has 2 amide bonds. The molecule has 0 saturated heterocycles. The second-order valence-corrected chi connectivity index (χ2v) is 8.28. The zero-order valence-corrected chi connectivity index (χ0v) is 19.3. The predicted molar refractivity (Wildman–Crippen MR) is 131 cm³/mol. The van der Waals surface area contributed by atoms with E-state index in [1.54, 1.807) is 19.2 Å². The number of hydrogen-bond donors (Lipinski definition) is 3. The van der Waals surface area contributed by atoms with Gasteiger partial charge in [-0.2, -0.15) is 0 Å². The van der Waals surface area contributed by atoms with Gasteiger partial charge in [-0.25, -0.2) is 0 Å². The van der Waals surface area contributed by atoms with Crippen molar-refractivity contribution < 1.29 is 9.59 Å². The van der Waals surface area contributed by atoms with Crippen molar-refractivity contribution in [2.24, 2.45) is 0 Å². The predicted octanol–water partition coefficient (Wildman–Crippen LogP) is 5.39. The van der Waals surface area contributed by atoms with Crippen LogP contribution in [0.15, 0.2) is 66.7 Å². The van der Waals surface area contributed by atoms with E-state index in [0.29, 0.717) is 22.3 Å². The Morgan fingerprint density at radius 3 is 2.20 bits per heavy atom. The van der Waals surface area contributed by atoms with Crippen LogP contribution in [-0.4, -0.2) is 24.9 Å². The minimum absolute atomic E-state index is 0.0140. The highest BCUT2D eigenvalue weighted by atomic mass is 127. The van der Waals surface area contributed by atoms with Gasteiger partial charge in [0, 0.05) is 33.5 Å². The summed E-state index contributed by atoms with van der Waals surface area (Å²) in [7, 11) is 1.81. The van der Waals surface area contributed by atoms with Crippen molar-refractivity contribution in [1.29, 1.82) is 0 Å². The summed E-state index contributed by atoms with van der Waals surface area (Å²) >= 11 is 2.19. The maximum atomic E-state index is 13.2. The molecule has 0 aliphatic carbocycles. The molecular formula is C24H24IN3O2. The van der Waals surface area contributed by atoms with Crippen LogP contribution in [0.1, 0.15) is 34.6 Å². The van der Waals surface area contributed by atoms with E-state index in [1.807, 2.05) is 68.4 Å². The van der Waals surface area contributed by atoms with Gasteiger partial charge in [0.2, 0.25) is 0 Å². The van der Waals surface area contributed by atoms with Crippen LogP contribution in [0.25, 0.3) is 11.1 Å². The Balaban J connectivity index is 2.08. The van der Waals surface area contributed by atoms with Crippen molar-refractivity contribution in [2.45, 2.75) is 19.9 Å². The van der Waals surface area contributed by atoms with E-state index in [-0.39, 0.29) is 17.9 Å². The van der Waals surface area contributed by atoms with E-state index in [4.69, 9.17) is 0 Å². The molecule has 30 heavy (non-hydrogen) atoms. The zero-order valence-electron chi connectivity index (χ0n) is 17.1. The van der Waals surface area contributed by atoms with Gasteiger partial charge in [-0.05, 0) is 77.9 Å². The van der Waals surface area contributed by atoms with Gasteiger partial charge in [0.05, 0.1) is 5.69 Å². The van der Waals surface area contributed by atoms with Crippen LogP contribution in [0.2, 0.25) is 0 Å². The lowest BCUT2D eigenvalue weighted by atomic mass is 9.94. The van der Waals surface area contributed by atoms with E-state index in [9.17, 15) is 9.59 Å². The fraction of sp³-hybridized carbons (Fsp3) is 0.167. The topological polar surface area (TPSA) is 70.2 Å². The van der Waals surface area contributed by atoms with Gasteiger partial charge in [0.25, 0.3) is 11.8 Å². The third-order valence-electron chi connectivity index (χ3n) is 4.56. The molecule has 0 spiro atoms. The fourth-order valence-corrected chi connectivity index (χ4v) is 3.65. The van der Waals surface area contributed by atoms with E-state index < -0.39 is 0 Å². The summed E-state index contributed by atoms with van der Waals surface area (Å²) in [4.78, 5) is 26.0. The molecule has 0 saturated carbocycles. The van der Waals surface area contributed by atoms with Crippen molar-refractivity contribution in [3.8, 4) is 11.1 Å². The van der Waals surface area contributed by atoms with Gasteiger partial charge in [-0.3, -0.25) is 9.59 Å². The van der Waals surface area contributed by atoms with Crippen LogP contribution in [0.4, 0.5) is 11.4 Å². The first-order valence-electron chi connectivity index (χ1n) is 9.68. The van der Waals surface area contributed by atoms with Crippen LogP contribution in [0, 0.1) is 3.57 Å². The lowest BCUT2D eigenvalue weighted by Crippen LogP contribution is -2.30. The van der Waals surface area contributed by atoms with Gasteiger partial charge in [0.1, 0.15) is 0 Å². The van der Waals surface area contributed by atoms with Gasteiger partial charge in [-0.15, -0.1) is 0 Å². The number of para-hydroxylation sites is 1. The van der Waals surface area contributed by atoms with E-state index in [2.05, 4.69) is 38.5 Å². The molecule has 3 aromatic carbocycles. The summed E-state index contributed by atoms with van der Waals surface area (Å²) in [5.74, 6) is -0.396. The third kappa shape index (κ3) is 4.99. The summed E-state index contributed by atoms with van der Waals surface area (Å²) in [6, 6.07) is 20.5. The molecule has 0 aliphatic rings. The highest BCUT2D eigenvalue weighted by Gasteiger charge is 2.19. The highest BCUT2D eigenvalue weighted by Crippen LogP contribution is 2.30. The first kappa shape index (κ1) is 21.8. The Kier molecular flexibility index (Phi) is 7.10. The van der Waals surface area contributed by atoms with Crippen molar-refractivity contribution in [3.63, 3.8) is 0 Å². The Labute approximate surface area is 190 Å². The zero-order chi connectivity index (χ0) is 21.7. The average molecular weight is 513 g/mol. The molecule has 0 bridgehead atoms. The van der Waals surface area contributed by atoms with Gasteiger partial charge in [0.15, 0.2) is 0 Å². The van der Waals surface area contributed by atoms with E-state index in [1.165, 1.54) is 0 Å². The maximum absolute atomic E-state index is 13.2. The molecule has 3 N–H and O–H groups in total. The van der Waals surface area contributed by atoms with E-state index >= 15 is 0 Å². The molecule has 0 unspecified atom stereocenters. The van der Waals surface area contributed by atoms with Crippen LogP contribution >= 0.6 is 22.6 Å². The second-order valence-electron chi connectivity index (χ2n) is 7.12. The minimum atomic E-state index is -0.231. The number of halogens is 1. The van der Waals surface area contributed by atoms with Gasteiger partial charge < -0.3 is 16.0 Å². The fourth-order valence-electron chi connectivity index (χ4n) is 3.13.